The molecule has 3 N–H and O–H groups in total. The lowest BCUT2D eigenvalue weighted by Gasteiger charge is -2.38. The van der Waals surface area contributed by atoms with Crippen LogP contribution < -0.4 is 11.3 Å². The number of hydrogen-bond acceptors (Lipinski definition) is 5. The van der Waals surface area contributed by atoms with Gasteiger partial charge in [-0.1, -0.05) is 20.8 Å². The van der Waals surface area contributed by atoms with Crippen LogP contribution in [0.4, 0.5) is 5.82 Å². The molecule has 0 aromatic carbocycles. The summed E-state index contributed by atoms with van der Waals surface area (Å²) in [4.78, 5) is 22.3. The van der Waals surface area contributed by atoms with E-state index in [4.69, 9.17) is 5.84 Å². The van der Waals surface area contributed by atoms with Crippen LogP contribution in [0.5, 0.6) is 0 Å². The molecule has 1 saturated heterocycles. The summed E-state index contributed by atoms with van der Waals surface area (Å²) >= 11 is 0. The summed E-state index contributed by atoms with van der Waals surface area (Å²) in [7, 11) is 0. The normalized spacial score (nSPS) is 17.1. The highest BCUT2D eigenvalue weighted by Gasteiger charge is 2.31. The SMILES string of the molecule is CC(C)(C)C1CCN(C(=O)c2cnc(NN)cn2)CC1. The maximum absolute atomic E-state index is 12.3. The van der Waals surface area contributed by atoms with E-state index in [9.17, 15) is 4.79 Å². The van der Waals surface area contributed by atoms with E-state index in [1.165, 1.54) is 12.4 Å². The average molecular weight is 277 g/mol. The molecule has 1 fully saturated rings. The van der Waals surface area contributed by atoms with Gasteiger partial charge in [-0.15, -0.1) is 0 Å². The van der Waals surface area contributed by atoms with Crippen LogP contribution >= 0.6 is 0 Å². The topological polar surface area (TPSA) is 84.1 Å². The van der Waals surface area contributed by atoms with Crippen molar-refractivity contribution >= 4 is 11.7 Å². The van der Waals surface area contributed by atoms with Crippen LogP contribution in [0.1, 0.15) is 44.1 Å². The van der Waals surface area contributed by atoms with Gasteiger partial charge in [0.1, 0.15) is 5.69 Å². The molecule has 6 heteroatoms. The van der Waals surface area contributed by atoms with E-state index in [2.05, 4.69) is 36.2 Å². The largest absolute Gasteiger partial charge is 0.337 e. The van der Waals surface area contributed by atoms with Gasteiger partial charge in [0.25, 0.3) is 5.91 Å². The third-order valence-corrected chi connectivity index (χ3v) is 4.03. The molecule has 110 valence electrons. The molecule has 1 amide bonds. The van der Waals surface area contributed by atoms with E-state index in [0.29, 0.717) is 22.8 Å². The molecule has 0 radical (unpaired) electrons. The predicted octanol–water partition coefficient (Wildman–Crippen LogP) is 1.66. The third kappa shape index (κ3) is 3.25. The minimum absolute atomic E-state index is 0.0477. The number of nitrogens with one attached hydrogen (secondary N) is 1. The number of likely N-dealkylation sites (tertiary alicyclic amines) is 1. The Hall–Kier alpha value is -1.69. The number of anilines is 1. The summed E-state index contributed by atoms with van der Waals surface area (Å²) in [6.45, 7) is 8.37. The Morgan fingerprint density at radius 1 is 1.30 bits per heavy atom. The predicted molar refractivity (Wildman–Crippen MR) is 77.9 cm³/mol. The molecule has 1 aromatic heterocycles. The molecule has 1 aliphatic rings. The number of carbonyl (C=O) groups is 1. The Morgan fingerprint density at radius 3 is 2.40 bits per heavy atom. The Morgan fingerprint density at radius 2 is 1.95 bits per heavy atom. The summed E-state index contributed by atoms with van der Waals surface area (Å²) in [5.74, 6) is 6.30. The van der Waals surface area contributed by atoms with Crippen LogP contribution in [-0.2, 0) is 0 Å². The molecule has 2 heterocycles. The summed E-state index contributed by atoms with van der Waals surface area (Å²) in [5, 5.41) is 0. The van der Waals surface area contributed by atoms with Crippen molar-refractivity contribution < 1.29 is 4.79 Å². The van der Waals surface area contributed by atoms with Gasteiger partial charge >= 0.3 is 0 Å². The summed E-state index contributed by atoms with van der Waals surface area (Å²) in [6, 6.07) is 0. The minimum atomic E-state index is -0.0477. The Bertz CT molecular complexity index is 457. The molecule has 1 aliphatic heterocycles. The van der Waals surface area contributed by atoms with Crippen molar-refractivity contribution in [3.63, 3.8) is 0 Å². The first-order chi connectivity index (χ1) is 9.41. The molecule has 0 saturated carbocycles. The first-order valence-corrected chi connectivity index (χ1v) is 6.99. The second kappa shape index (κ2) is 5.75. The average Bonchev–Trinajstić information content (AvgIpc) is 2.46. The summed E-state index contributed by atoms with van der Waals surface area (Å²) in [6.07, 6.45) is 5.03. The zero-order valence-corrected chi connectivity index (χ0v) is 12.4. The Balaban J connectivity index is 1.97. The number of hydrazine groups is 1. The Labute approximate surface area is 119 Å². The van der Waals surface area contributed by atoms with Crippen molar-refractivity contribution in [1.82, 2.24) is 14.9 Å². The monoisotopic (exact) mass is 277 g/mol. The molecule has 20 heavy (non-hydrogen) atoms. The third-order valence-electron chi connectivity index (χ3n) is 4.03. The number of nitrogens with zero attached hydrogens (tertiary/aromatic N) is 3. The number of nitrogen functional groups attached to an aromatic ring is 1. The van der Waals surface area contributed by atoms with Crippen molar-refractivity contribution in [3.8, 4) is 0 Å². The van der Waals surface area contributed by atoms with E-state index >= 15 is 0 Å². The van der Waals surface area contributed by atoms with Crippen molar-refractivity contribution in [2.45, 2.75) is 33.6 Å². The molecule has 2 rings (SSSR count). The van der Waals surface area contributed by atoms with Crippen LogP contribution in [0.2, 0.25) is 0 Å². The maximum atomic E-state index is 12.3. The molecule has 6 nitrogen and oxygen atoms in total. The number of piperidine rings is 1. The minimum Gasteiger partial charge on any atom is -0.337 e. The number of amides is 1. The second-order valence-electron chi connectivity index (χ2n) is 6.36. The number of aromatic nitrogens is 2. The zero-order valence-electron chi connectivity index (χ0n) is 12.4. The fourth-order valence-electron chi connectivity index (χ4n) is 2.62. The second-order valence-corrected chi connectivity index (χ2v) is 6.36. The fourth-order valence-corrected chi connectivity index (χ4v) is 2.62. The fraction of sp³-hybridized carbons (Fsp3) is 0.643. The van der Waals surface area contributed by atoms with Gasteiger partial charge in [0, 0.05) is 13.1 Å². The highest BCUT2D eigenvalue weighted by Crippen LogP contribution is 2.34. The molecular formula is C14H23N5O. The van der Waals surface area contributed by atoms with Crippen molar-refractivity contribution in [2.24, 2.45) is 17.2 Å². The molecule has 0 unspecified atom stereocenters. The molecule has 0 atom stereocenters. The lowest BCUT2D eigenvalue weighted by molar-refractivity contribution is 0.0603. The zero-order chi connectivity index (χ0) is 14.8. The van der Waals surface area contributed by atoms with Gasteiger partial charge in [-0.25, -0.2) is 15.8 Å². The maximum Gasteiger partial charge on any atom is 0.274 e. The van der Waals surface area contributed by atoms with Crippen LogP contribution in [-0.4, -0.2) is 33.9 Å². The van der Waals surface area contributed by atoms with Crippen molar-refractivity contribution in [1.29, 1.82) is 0 Å². The van der Waals surface area contributed by atoms with Crippen LogP contribution in [0.3, 0.4) is 0 Å². The first kappa shape index (κ1) is 14.7. The first-order valence-electron chi connectivity index (χ1n) is 6.99. The van der Waals surface area contributed by atoms with E-state index in [1.54, 1.807) is 0 Å². The molecule has 1 aromatic rings. The van der Waals surface area contributed by atoms with Crippen LogP contribution in [0.25, 0.3) is 0 Å². The highest BCUT2D eigenvalue weighted by atomic mass is 16.2. The van der Waals surface area contributed by atoms with E-state index in [0.717, 1.165) is 25.9 Å². The Kier molecular flexibility index (Phi) is 4.23. The molecule has 0 bridgehead atoms. The quantitative estimate of drug-likeness (QED) is 0.634. The molecule has 0 spiro atoms. The smallest absolute Gasteiger partial charge is 0.274 e. The van der Waals surface area contributed by atoms with Gasteiger partial charge in [0.15, 0.2) is 5.82 Å². The van der Waals surface area contributed by atoms with E-state index < -0.39 is 0 Å². The van der Waals surface area contributed by atoms with Gasteiger partial charge in [-0.2, -0.15) is 0 Å². The number of carbonyl (C=O) groups excluding carboxylic acids is 1. The van der Waals surface area contributed by atoms with E-state index in [1.807, 2.05) is 4.90 Å². The van der Waals surface area contributed by atoms with E-state index in [-0.39, 0.29) is 5.91 Å². The number of hydrogen-bond donors (Lipinski definition) is 2. The lowest BCUT2D eigenvalue weighted by atomic mass is 9.75. The van der Waals surface area contributed by atoms with Gasteiger partial charge < -0.3 is 10.3 Å². The summed E-state index contributed by atoms with van der Waals surface area (Å²) in [5.41, 5.74) is 3.08. The van der Waals surface area contributed by atoms with Crippen LogP contribution in [0.15, 0.2) is 12.4 Å². The number of rotatable bonds is 2. The van der Waals surface area contributed by atoms with Crippen LogP contribution in [0, 0.1) is 11.3 Å². The van der Waals surface area contributed by atoms with Gasteiger partial charge in [-0.05, 0) is 24.2 Å². The van der Waals surface area contributed by atoms with Gasteiger partial charge in [-0.3, -0.25) is 4.79 Å². The summed E-state index contributed by atoms with van der Waals surface area (Å²) < 4.78 is 0. The van der Waals surface area contributed by atoms with Crippen molar-refractivity contribution in [2.75, 3.05) is 18.5 Å². The molecular weight excluding hydrogens is 254 g/mol. The highest BCUT2D eigenvalue weighted by molar-refractivity contribution is 5.92. The number of nitrogens with two attached hydrogens (primary N) is 1. The van der Waals surface area contributed by atoms with Gasteiger partial charge in [0.2, 0.25) is 0 Å². The van der Waals surface area contributed by atoms with Gasteiger partial charge in [0.05, 0.1) is 12.4 Å². The molecule has 0 aliphatic carbocycles. The lowest BCUT2D eigenvalue weighted by Crippen LogP contribution is -2.41. The van der Waals surface area contributed by atoms with Crippen molar-refractivity contribution in [3.05, 3.63) is 18.1 Å². The standard InChI is InChI=1S/C14H23N5O/c1-14(2,3)10-4-6-19(7-5-10)13(20)11-8-17-12(18-15)9-16-11/h8-10H,4-7,15H2,1-3H3,(H,17,18).